The fourth-order valence-corrected chi connectivity index (χ4v) is 9.66. The average molecular weight is 672 g/mol. The van der Waals surface area contributed by atoms with E-state index in [9.17, 15) is 0 Å². The van der Waals surface area contributed by atoms with Crippen molar-refractivity contribution in [1.82, 2.24) is 15.0 Å². The van der Waals surface area contributed by atoms with E-state index in [1.807, 2.05) is 36.4 Å². The zero-order chi connectivity index (χ0) is 34.7. The SMILES string of the molecule is c1ccc(-c2nc(-c3ccccc3)nc(-c3cccc4c3-c3ccccc3C43c4ccccc4-c4c3cc3c5c(cccc45)-c4ccccc4-3)n2)cc1. The molecule has 3 aliphatic rings. The molecule has 1 heterocycles. The molecule has 53 heavy (non-hydrogen) atoms. The summed E-state index contributed by atoms with van der Waals surface area (Å²) < 4.78 is 0. The van der Waals surface area contributed by atoms with Crippen LogP contribution < -0.4 is 0 Å². The highest BCUT2D eigenvalue weighted by Gasteiger charge is 2.53. The van der Waals surface area contributed by atoms with Crippen LogP contribution in [0.1, 0.15) is 22.3 Å². The van der Waals surface area contributed by atoms with E-state index in [2.05, 4.69) is 140 Å². The van der Waals surface area contributed by atoms with Gasteiger partial charge in [-0.25, -0.2) is 15.0 Å². The summed E-state index contributed by atoms with van der Waals surface area (Å²) in [5, 5.41) is 2.67. The molecular formula is C50H29N3. The van der Waals surface area contributed by atoms with Gasteiger partial charge in [-0.2, -0.15) is 0 Å². The Kier molecular flexibility index (Phi) is 5.70. The molecule has 1 unspecified atom stereocenters. The molecule has 3 aliphatic carbocycles. The van der Waals surface area contributed by atoms with Crippen LogP contribution in [-0.4, -0.2) is 15.0 Å². The minimum absolute atomic E-state index is 0.524. The van der Waals surface area contributed by atoms with Gasteiger partial charge in [0.05, 0.1) is 5.41 Å². The Hall–Kier alpha value is -6.97. The predicted octanol–water partition coefficient (Wildman–Crippen LogP) is 12.0. The average Bonchev–Trinajstić information content (AvgIpc) is 3.84. The van der Waals surface area contributed by atoms with Gasteiger partial charge in [-0.3, -0.25) is 0 Å². The molecule has 9 aromatic rings. The van der Waals surface area contributed by atoms with Crippen molar-refractivity contribution in [3.63, 3.8) is 0 Å². The summed E-state index contributed by atoms with van der Waals surface area (Å²) in [4.78, 5) is 15.5. The summed E-state index contributed by atoms with van der Waals surface area (Å²) in [7, 11) is 0. The van der Waals surface area contributed by atoms with Crippen LogP contribution in [0.25, 0.3) is 89.4 Å². The number of hydrogen-bond acceptors (Lipinski definition) is 3. The fraction of sp³-hybridized carbons (Fsp3) is 0.0200. The molecule has 0 saturated carbocycles. The zero-order valence-corrected chi connectivity index (χ0v) is 28.6. The monoisotopic (exact) mass is 671 g/mol. The van der Waals surface area contributed by atoms with Crippen molar-refractivity contribution in [1.29, 1.82) is 0 Å². The minimum Gasteiger partial charge on any atom is -0.208 e. The van der Waals surface area contributed by atoms with E-state index in [-0.39, 0.29) is 0 Å². The van der Waals surface area contributed by atoms with Gasteiger partial charge in [-0.15, -0.1) is 0 Å². The Morgan fingerprint density at radius 3 is 1.43 bits per heavy atom. The van der Waals surface area contributed by atoms with Crippen molar-refractivity contribution in [3.05, 3.63) is 198 Å². The number of aromatic nitrogens is 3. The van der Waals surface area contributed by atoms with Crippen molar-refractivity contribution >= 4 is 10.8 Å². The second-order valence-corrected chi connectivity index (χ2v) is 14.2. The van der Waals surface area contributed by atoms with Crippen LogP contribution in [-0.2, 0) is 5.41 Å². The quantitative estimate of drug-likeness (QED) is 0.188. The fourth-order valence-electron chi connectivity index (χ4n) is 9.66. The van der Waals surface area contributed by atoms with E-state index < -0.39 is 5.41 Å². The third kappa shape index (κ3) is 3.70. The highest BCUT2D eigenvalue weighted by Crippen LogP contribution is 2.66. The molecule has 1 spiro atoms. The van der Waals surface area contributed by atoms with Crippen molar-refractivity contribution in [2.45, 2.75) is 5.41 Å². The van der Waals surface area contributed by atoms with E-state index in [1.54, 1.807) is 0 Å². The first kappa shape index (κ1) is 28.7. The Morgan fingerprint density at radius 2 is 0.774 bits per heavy atom. The second-order valence-electron chi connectivity index (χ2n) is 14.2. The van der Waals surface area contributed by atoms with Crippen LogP contribution in [0.2, 0.25) is 0 Å². The summed E-state index contributed by atoms with van der Waals surface area (Å²) in [6.07, 6.45) is 0. The van der Waals surface area contributed by atoms with E-state index >= 15 is 0 Å². The van der Waals surface area contributed by atoms with E-state index in [4.69, 9.17) is 15.0 Å². The molecule has 8 aromatic carbocycles. The summed E-state index contributed by atoms with van der Waals surface area (Å²) in [6.45, 7) is 0. The van der Waals surface area contributed by atoms with Gasteiger partial charge in [0.2, 0.25) is 0 Å². The number of rotatable bonds is 3. The maximum Gasteiger partial charge on any atom is 0.164 e. The van der Waals surface area contributed by atoms with Crippen molar-refractivity contribution in [3.8, 4) is 78.7 Å². The number of hydrogen-bond donors (Lipinski definition) is 0. The number of fused-ring (bicyclic) bond motifs is 14. The van der Waals surface area contributed by atoms with Gasteiger partial charge >= 0.3 is 0 Å². The van der Waals surface area contributed by atoms with E-state index in [1.165, 1.54) is 77.5 Å². The molecular weight excluding hydrogens is 643 g/mol. The first-order valence-corrected chi connectivity index (χ1v) is 18.2. The van der Waals surface area contributed by atoms with Crippen molar-refractivity contribution in [2.24, 2.45) is 0 Å². The smallest absolute Gasteiger partial charge is 0.164 e. The summed E-state index contributed by atoms with van der Waals surface area (Å²) >= 11 is 0. The summed E-state index contributed by atoms with van der Waals surface area (Å²) in [6, 6.07) is 63.5. The lowest BCUT2D eigenvalue weighted by atomic mass is 9.70. The molecule has 0 fully saturated rings. The third-order valence-corrected chi connectivity index (χ3v) is 11.7. The minimum atomic E-state index is -0.524. The van der Waals surface area contributed by atoms with E-state index in [0.717, 1.165) is 16.7 Å². The molecule has 0 N–H and O–H groups in total. The predicted molar refractivity (Wildman–Crippen MR) is 214 cm³/mol. The van der Waals surface area contributed by atoms with Gasteiger partial charge in [0.25, 0.3) is 0 Å². The number of nitrogens with zero attached hydrogens (tertiary/aromatic N) is 3. The molecule has 0 bridgehead atoms. The van der Waals surface area contributed by atoms with Crippen molar-refractivity contribution in [2.75, 3.05) is 0 Å². The molecule has 3 heteroatoms. The Morgan fingerprint density at radius 1 is 0.302 bits per heavy atom. The van der Waals surface area contributed by atoms with Gasteiger partial charge in [0, 0.05) is 16.7 Å². The van der Waals surface area contributed by atoms with Crippen LogP contribution >= 0.6 is 0 Å². The van der Waals surface area contributed by atoms with Gasteiger partial charge in [0.15, 0.2) is 17.5 Å². The molecule has 1 aromatic heterocycles. The second kappa shape index (κ2) is 10.5. The Labute approximate surface area is 307 Å². The van der Waals surface area contributed by atoms with Crippen LogP contribution in [0.15, 0.2) is 176 Å². The molecule has 0 radical (unpaired) electrons. The van der Waals surface area contributed by atoms with Gasteiger partial charge in [0.1, 0.15) is 0 Å². The van der Waals surface area contributed by atoms with E-state index in [0.29, 0.717) is 17.5 Å². The lowest BCUT2D eigenvalue weighted by molar-refractivity contribution is 0.795. The maximum atomic E-state index is 5.23. The molecule has 3 nitrogen and oxygen atoms in total. The lowest BCUT2D eigenvalue weighted by Crippen LogP contribution is -2.26. The van der Waals surface area contributed by atoms with Gasteiger partial charge in [-0.05, 0) is 83.6 Å². The van der Waals surface area contributed by atoms with Crippen molar-refractivity contribution < 1.29 is 0 Å². The normalized spacial score (nSPS) is 15.2. The molecule has 0 aliphatic heterocycles. The first-order chi connectivity index (χ1) is 26.3. The topological polar surface area (TPSA) is 38.7 Å². The standard InChI is InChI=1S/C50H29N3/c1-3-15-30(16-4-1)47-51-48(31-17-5-2-6-18-31)53-49(52-47)38-25-14-28-42-46(38)36-22-10-12-27-41(36)50(42)40-26-11-9-21-35(40)45-37-24-13-23-34-32-19-7-8-20-33(32)39(44(34)37)29-43(45)50/h1-29H. The lowest BCUT2D eigenvalue weighted by Gasteiger charge is -2.31. The molecule has 1 atom stereocenters. The van der Waals surface area contributed by atoms with Gasteiger partial charge in [-0.1, -0.05) is 170 Å². The van der Waals surface area contributed by atoms with Crippen LogP contribution in [0.3, 0.4) is 0 Å². The van der Waals surface area contributed by atoms with Crippen LogP contribution in [0.4, 0.5) is 0 Å². The maximum absolute atomic E-state index is 5.23. The largest absolute Gasteiger partial charge is 0.208 e. The molecule has 0 saturated heterocycles. The molecule has 244 valence electrons. The molecule has 0 amide bonds. The van der Waals surface area contributed by atoms with Crippen LogP contribution in [0, 0.1) is 0 Å². The highest BCUT2D eigenvalue weighted by molar-refractivity contribution is 6.21. The summed E-state index contributed by atoms with van der Waals surface area (Å²) in [5.74, 6) is 1.99. The Bertz CT molecular complexity index is 2940. The highest BCUT2D eigenvalue weighted by atomic mass is 15.0. The summed E-state index contributed by atoms with van der Waals surface area (Å²) in [5.41, 5.74) is 17.9. The Balaban J connectivity index is 1.19. The number of benzene rings is 8. The molecule has 12 rings (SSSR count). The zero-order valence-electron chi connectivity index (χ0n) is 28.6. The van der Waals surface area contributed by atoms with Crippen LogP contribution in [0.5, 0.6) is 0 Å². The van der Waals surface area contributed by atoms with Gasteiger partial charge < -0.3 is 0 Å². The first-order valence-electron chi connectivity index (χ1n) is 18.2. The third-order valence-electron chi connectivity index (χ3n) is 11.7.